The number of anilines is 1. The van der Waals surface area contributed by atoms with Gasteiger partial charge in [-0.15, -0.1) is 0 Å². The summed E-state index contributed by atoms with van der Waals surface area (Å²) >= 11 is 0. The number of nitrogens with zero attached hydrogens (tertiary/aromatic N) is 1. The zero-order chi connectivity index (χ0) is 13.1. The van der Waals surface area contributed by atoms with E-state index in [1.807, 2.05) is 13.0 Å². The molecule has 0 radical (unpaired) electrons. The Hall–Kier alpha value is -1.55. The maximum atomic E-state index is 11.3. The van der Waals surface area contributed by atoms with Gasteiger partial charge in [0.15, 0.2) is 5.78 Å². The SMILES string of the molecule is CC(=O)c1ccc(N2CCCOC(C)C2)cc1O. The van der Waals surface area contributed by atoms with E-state index in [9.17, 15) is 9.90 Å². The van der Waals surface area contributed by atoms with E-state index in [1.165, 1.54) is 6.92 Å². The first-order valence-electron chi connectivity index (χ1n) is 6.28. The molecule has 1 aliphatic rings. The Kier molecular flexibility index (Phi) is 3.87. The number of aromatic hydroxyl groups is 1. The van der Waals surface area contributed by atoms with Crippen LogP contribution in [0.2, 0.25) is 0 Å². The van der Waals surface area contributed by atoms with E-state index >= 15 is 0 Å². The second kappa shape index (κ2) is 5.40. The van der Waals surface area contributed by atoms with Gasteiger partial charge in [-0.05, 0) is 32.4 Å². The summed E-state index contributed by atoms with van der Waals surface area (Å²) in [6.45, 7) is 5.98. The highest BCUT2D eigenvalue weighted by Crippen LogP contribution is 2.26. The molecule has 0 bridgehead atoms. The van der Waals surface area contributed by atoms with E-state index < -0.39 is 0 Å². The highest BCUT2D eigenvalue weighted by molar-refractivity contribution is 5.97. The van der Waals surface area contributed by atoms with E-state index in [0.29, 0.717) is 5.56 Å². The van der Waals surface area contributed by atoms with Gasteiger partial charge in [-0.1, -0.05) is 0 Å². The van der Waals surface area contributed by atoms with Gasteiger partial charge >= 0.3 is 0 Å². The Morgan fingerprint density at radius 3 is 2.94 bits per heavy atom. The van der Waals surface area contributed by atoms with Gasteiger partial charge in [-0.3, -0.25) is 4.79 Å². The molecule has 1 aromatic carbocycles. The van der Waals surface area contributed by atoms with E-state index in [0.717, 1.165) is 31.8 Å². The summed E-state index contributed by atoms with van der Waals surface area (Å²) in [7, 11) is 0. The Morgan fingerprint density at radius 2 is 2.28 bits per heavy atom. The number of phenols is 1. The van der Waals surface area contributed by atoms with Crippen molar-refractivity contribution in [2.75, 3.05) is 24.6 Å². The first-order chi connectivity index (χ1) is 8.58. The van der Waals surface area contributed by atoms with Crippen LogP contribution in [0.3, 0.4) is 0 Å². The van der Waals surface area contributed by atoms with Crippen molar-refractivity contribution in [3.63, 3.8) is 0 Å². The molecule has 0 aromatic heterocycles. The Balaban J connectivity index is 2.22. The second-order valence-electron chi connectivity index (χ2n) is 4.74. The molecule has 1 heterocycles. The molecule has 1 N–H and O–H groups in total. The lowest BCUT2D eigenvalue weighted by molar-refractivity contribution is 0.0820. The molecule has 0 aliphatic carbocycles. The third-order valence-corrected chi connectivity index (χ3v) is 3.18. The van der Waals surface area contributed by atoms with E-state index in [4.69, 9.17) is 4.74 Å². The molecule has 0 amide bonds. The third-order valence-electron chi connectivity index (χ3n) is 3.18. The number of hydrogen-bond acceptors (Lipinski definition) is 4. The summed E-state index contributed by atoms with van der Waals surface area (Å²) in [5.41, 5.74) is 1.31. The molecule has 4 nitrogen and oxygen atoms in total. The zero-order valence-corrected chi connectivity index (χ0v) is 10.8. The molecule has 1 aliphatic heterocycles. The summed E-state index contributed by atoms with van der Waals surface area (Å²) in [5.74, 6) is -0.0653. The Bertz CT molecular complexity index is 445. The molecule has 1 unspecified atom stereocenters. The fraction of sp³-hybridized carbons (Fsp3) is 0.500. The van der Waals surface area contributed by atoms with Gasteiger partial charge in [0.2, 0.25) is 0 Å². The quantitative estimate of drug-likeness (QED) is 0.816. The Morgan fingerprint density at radius 1 is 1.50 bits per heavy atom. The molecule has 0 saturated carbocycles. The highest BCUT2D eigenvalue weighted by atomic mass is 16.5. The zero-order valence-electron chi connectivity index (χ0n) is 10.8. The van der Waals surface area contributed by atoms with Crippen LogP contribution in [0, 0.1) is 0 Å². The van der Waals surface area contributed by atoms with Crippen molar-refractivity contribution in [2.24, 2.45) is 0 Å². The lowest BCUT2D eigenvalue weighted by Crippen LogP contribution is -2.30. The van der Waals surface area contributed by atoms with Crippen LogP contribution in [0.5, 0.6) is 5.75 Å². The van der Waals surface area contributed by atoms with Gasteiger partial charge in [-0.2, -0.15) is 0 Å². The topological polar surface area (TPSA) is 49.8 Å². The minimum Gasteiger partial charge on any atom is -0.507 e. The minimum atomic E-state index is -0.119. The first kappa shape index (κ1) is 12.9. The molecular formula is C14H19NO3. The number of rotatable bonds is 2. The van der Waals surface area contributed by atoms with Crippen LogP contribution in [-0.4, -0.2) is 36.7 Å². The lowest BCUT2D eigenvalue weighted by Gasteiger charge is -2.24. The molecule has 1 saturated heterocycles. The fourth-order valence-electron chi connectivity index (χ4n) is 2.24. The molecule has 1 atom stereocenters. The molecule has 4 heteroatoms. The minimum absolute atomic E-state index is 0.0535. The maximum absolute atomic E-state index is 11.3. The van der Waals surface area contributed by atoms with Gasteiger partial charge in [0, 0.05) is 31.5 Å². The van der Waals surface area contributed by atoms with Crippen LogP contribution in [0.4, 0.5) is 5.69 Å². The largest absolute Gasteiger partial charge is 0.507 e. The van der Waals surface area contributed by atoms with Crippen molar-refractivity contribution in [3.05, 3.63) is 23.8 Å². The second-order valence-corrected chi connectivity index (χ2v) is 4.74. The van der Waals surface area contributed by atoms with Gasteiger partial charge in [0.05, 0.1) is 11.7 Å². The van der Waals surface area contributed by atoms with Crippen molar-refractivity contribution in [3.8, 4) is 5.75 Å². The summed E-state index contributed by atoms with van der Waals surface area (Å²) in [4.78, 5) is 13.4. The van der Waals surface area contributed by atoms with E-state index in [-0.39, 0.29) is 17.6 Å². The van der Waals surface area contributed by atoms with Crippen LogP contribution in [-0.2, 0) is 4.74 Å². The predicted octanol–water partition coefficient (Wildman–Crippen LogP) is 2.21. The summed E-state index contributed by atoms with van der Waals surface area (Å²) < 4.78 is 5.59. The van der Waals surface area contributed by atoms with Crippen LogP contribution in [0.1, 0.15) is 30.6 Å². The highest BCUT2D eigenvalue weighted by Gasteiger charge is 2.17. The number of ketones is 1. The average molecular weight is 249 g/mol. The van der Waals surface area contributed by atoms with Crippen LogP contribution < -0.4 is 4.90 Å². The summed E-state index contributed by atoms with van der Waals surface area (Å²) in [6.07, 6.45) is 1.15. The molecule has 0 spiro atoms. The van der Waals surface area contributed by atoms with E-state index in [2.05, 4.69) is 4.90 Å². The number of hydrogen-bond donors (Lipinski definition) is 1. The molecule has 1 fully saturated rings. The van der Waals surface area contributed by atoms with Gasteiger partial charge in [-0.25, -0.2) is 0 Å². The van der Waals surface area contributed by atoms with Crippen LogP contribution >= 0.6 is 0 Å². The average Bonchev–Trinajstić information content (AvgIpc) is 2.53. The van der Waals surface area contributed by atoms with Crippen molar-refractivity contribution >= 4 is 11.5 Å². The number of Topliss-reactive ketones (excluding diaryl/α,β-unsaturated/α-hetero) is 1. The molecule has 18 heavy (non-hydrogen) atoms. The Labute approximate surface area is 107 Å². The van der Waals surface area contributed by atoms with Gasteiger partial charge in [0.25, 0.3) is 0 Å². The van der Waals surface area contributed by atoms with Crippen molar-refractivity contribution < 1.29 is 14.6 Å². The van der Waals surface area contributed by atoms with Gasteiger partial charge < -0.3 is 14.7 Å². The normalized spacial score (nSPS) is 20.6. The fourth-order valence-corrected chi connectivity index (χ4v) is 2.24. The predicted molar refractivity (Wildman–Crippen MR) is 70.4 cm³/mol. The molecular weight excluding hydrogens is 230 g/mol. The monoisotopic (exact) mass is 249 g/mol. The smallest absolute Gasteiger partial charge is 0.163 e. The molecule has 1 aromatic rings. The number of carbonyl (C=O) groups excluding carboxylic acids is 1. The van der Waals surface area contributed by atoms with Crippen molar-refractivity contribution in [2.45, 2.75) is 26.4 Å². The standard InChI is InChI=1S/C14H19NO3/c1-10-9-15(6-3-7-18-10)12-4-5-13(11(2)16)14(17)8-12/h4-5,8,10,17H,3,6-7,9H2,1-2H3. The number of ether oxygens (including phenoxy) is 1. The maximum Gasteiger partial charge on any atom is 0.163 e. The first-order valence-corrected chi connectivity index (χ1v) is 6.28. The number of phenolic OH excluding ortho intramolecular Hbond substituents is 1. The molecule has 2 rings (SSSR count). The lowest BCUT2D eigenvalue weighted by atomic mass is 10.1. The van der Waals surface area contributed by atoms with Crippen LogP contribution in [0.15, 0.2) is 18.2 Å². The third kappa shape index (κ3) is 2.82. The summed E-state index contributed by atoms with van der Waals surface area (Å²) in [5, 5.41) is 9.85. The van der Waals surface area contributed by atoms with Crippen molar-refractivity contribution in [1.29, 1.82) is 0 Å². The number of carbonyl (C=O) groups is 1. The number of benzene rings is 1. The summed E-state index contributed by atoms with van der Waals surface area (Å²) in [6, 6.07) is 5.23. The van der Waals surface area contributed by atoms with Crippen molar-refractivity contribution in [1.82, 2.24) is 0 Å². The van der Waals surface area contributed by atoms with Gasteiger partial charge in [0.1, 0.15) is 5.75 Å². The molecule has 98 valence electrons. The van der Waals surface area contributed by atoms with E-state index in [1.54, 1.807) is 12.1 Å². The van der Waals surface area contributed by atoms with Crippen LogP contribution in [0.25, 0.3) is 0 Å².